The molecular formula is C20H20N6O2S2. The first-order valence-electron chi connectivity index (χ1n) is 9.18. The average molecular weight is 441 g/mol. The topological polar surface area (TPSA) is 112 Å². The minimum atomic E-state index is -0.0836. The molecule has 1 amide bonds. The van der Waals surface area contributed by atoms with E-state index in [4.69, 9.17) is 10.3 Å². The van der Waals surface area contributed by atoms with E-state index in [9.17, 15) is 4.79 Å². The standard InChI is InChI=1S/C20H20N6O2S2/c1-12-5-3-4-6-16(12)23-17(27)9-18-22-14(10-29-18)11-30-20-25-24-19(26(20)21)15-7-8-28-13(15)2/h3-8,10H,9,11,21H2,1-2H3,(H,23,27). The fourth-order valence-corrected chi connectivity index (χ4v) is 4.50. The number of nitrogens with two attached hydrogens (primary N) is 1. The van der Waals surface area contributed by atoms with Gasteiger partial charge in [-0.15, -0.1) is 21.5 Å². The second kappa shape index (κ2) is 8.72. The lowest BCUT2D eigenvalue weighted by Gasteiger charge is -2.06. The molecule has 0 bridgehead atoms. The fourth-order valence-electron chi connectivity index (χ4n) is 2.86. The fraction of sp³-hybridized carbons (Fsp3) is 0.200. The highest BCUT2D eigenvalue weighted by Crippen LogP contribution is 2.27. The number of furan rings is 1. The van der Waals surface area contributed by atoms with Gasteiger partial charge in [0.25, 0.3) is 0 Å². The number of para-hydroxylation sites is 1. The van der Waals surface area contributed by atoms with E-state index in [1.807, 2.05) is 49.6 Å². The number of nitrogens with one attached hydrogen (secondary N) is 1. The lowest BCUT2D eigenvalue weighted by atomic mass is 10.2. The van der Waals surface area contributed by atoms with E-state index in [2.05, 4.69) is 20.5 Å². The van der Waals surface area contributed by atoms with Gasteiger partial charge in [0.2, 0.25) is 11.1 Å². The van der Waals surface area contributed by atoms with Gasteiger partial charge in [-0.1, -0.05) is 30.0 Å². The van der Waals surface area contributed by atoms with Gasteiger partial charge in [-0.05, 0) is 31.5 Å². The molecule has 0 aliphatic rings. The van der Waals surface area contributed by atoms with Crippen LogP contribution < -0.4 is 11.2 Å². The summed E-state index contributed by atoms with van der Waals surface area (Å²) in [7, 11) is 0. The van der Waals surface area contributed by atoms with E-state index in [-0.39, 0.29) is 12.3 Å². The Morgan fingerprint density at radius 3 is 2.87 bits per heavy atom. The quantitative estimate of drug-likeness (QED) is 0.332. The van der Waals surface area contributed by atoms with Gasteiger partial charge in [0.15, 0.2) is 5.82 Å². The molecule has 4 rings (SSSR count). The van der Waals surface area contributed by atoms with Gasteiger partial charge in [0.05, 0.1) is 23.9 Å². The summed E-state index contributed by atoms with van der Waals surface area (Å²) < 4.78 is 6.76. The Balaban J connectivity index is 1.35. The minimum Gasteiger partial charge on any atom is -0.469 e. The van der Waals surface area contributed by atoms with Crippen molar-refractivity contribution in [1.82, 2.24) is 19.9 Å². The van der Waals surface area contributed by atoms with Crippen molar-refractivity contribution < 1.29 is 9.21 Å². The maximum Gasteiger partial charge on any atom is 0.231 e. The zero-order chi connectivity index (χ0) is 21.1. The van der Waals surface area contributed by atoms with E-state index >= 15 is 0 Å². The zero-order valence-corrected chi connectivity index (χ0v) is 18.1. The van der Waals surface area contributed by atoms with Crippen LogP contribution >= 0.6 is 23.1 Å². The smallest absolute Gasteiger partial charge is 0.231 e. The van der Waals surface area contributed by atoms with Crippen molar-refractivity contribution >= 4 is 34.7 Å². The predicted octanol–water partition coefficient (Wildman–Crippen LogP) is 3.80. The van der Waals surface area contributed by atoms with Gasteiger partial charge in [-0.25, -0.2) is 9.66 Å². The van der Waals surface area contributed by atoms with Crippen LogP contribution in [0.1, 0.15) is 22.0 Å². The third-order valence-electron chi connectivity index (χ3n) is 4.44. The molecule has 0 aliphatic heterocycles. The molecule has 3 aromatic heterocycles. The number of amides is 1. The highest BCUT2D eigenvalue weighted by molar-refractivity contribution is 7.98. The summed E-state index contributed by atoms with van der Waals surface area (Å²) in [5, 5.41) is 14.5. The summed E-state index contributed by atoms with van der Waals surface area (Å²) >= 11 is 2.90. The number of hydrogen-bond donors (Lipinski definition) is 2. The Morgan fingerprint density at radius 1 is 1.27 bits per heavy atom. The number of hydrogen-bond acceptors (Lipinski definition) is 8. The Kier molecular flexibility index (Phi) is 5.86. The van der Waals surface area contributed by atoms with E-state index in [1.54, 1.807) is 6.26 Å². The number of aryl methyl sites for hydroxylation is 2. The Morgan fingerprint density at radius 2 is 2.10 bits per heavy atom. The number of nitrogen functional groups attached to an aromatic ring is 1. The molecule has 30 heavy (non-hydrogen) atoms. The third-order valence-corrected chi connectivity index (χ3v) is 6.32. The third kappa shape index (κ3) is 4.39. The van der Waals surface area contributed by atoms with Crippen LogP contribution in [0.2, 0.25) is 0 Å². The number of anilines is 1. The maximum absolute atomic E-state index is 12.3. The van der Waals surface area contributed by atoms with Crippen molar-refractivity contribution in [3.05, 3.63) is 64.0 Å². The van der Waals surface area contributed by atoms with Crippen LogP contribution in [-0.2, 0) is 17.0 Å². The number of benzene rings is 1. The molecule has 8 nitrogen and oxygen atoms in total. The molecule has 3 heterocycles. The Labute approximate surface area is 181 Å². The highest BCUT2D eigenvalue weighted by Gasteiger charge is 2.16. The van der Waals surface area contributed by atoms with Crippen molar-refractivity contribution in [2.45, 2.75) is 31.2 Å². The number of rotatable bonds is 7. The van der Waals surface area contributed by atoms with Crippen molar-refractivity contribution in [2.75, 3.05) is 11.2 Å². The predicted molar refractivity (Wildman–Crippen MR) is 118 cm³/mol. The number of carbonyl (C=O) groups excluding carboxylic acids is 1. The molecule has 0 atom stereocenters. The Bertz CT molecular complexity index is 1180. The van der Waals surface area contributed by atoms with Gasteiger partial charge in [-0.2, -0.15) is 0 Å². The van der Waals surface area contributed by atoms with E-state index in [1.165, 1.54) is 27.8 Å². The molecule has 0 aliphatic carbocycles. The van der Waals surface area contributed by atoms with Crippen LogP contribution in [0.4, 0.5) is 5.69 Å². The van der Waals surface area contributed by atoms with Gasteiger partial charge >= 0.3 is 0 Å². The molecule has 4 aromatic rings. The van der Waals surface area contributed by atoms with Gasteiger partial charge in [0.1, 0.15) is 10.8 Å². The van der Waals surface area contributed by atoms with Crippen LogP contribution in [0, 0.1) is 13.8 Å². The summed E-state index contributed by atoms with van der Waals surface area (Å²) in [6, 6.07) is 9.50. The number of thiazole rings is 1. The van der Waals surface area contributed by atoms with Crippen LogP contribution in [0.5, 0.6) is 0 Å². The van der Waals surface area contributed by atoms with Crippen molar-refractivity contribution in [2.24, 2.45) is 0 Å². The first kappa shape index (κ1) is 20.2. The molecule has 10 heteroatoms. The summed E-state index contributed by atoms with van der Waals surface area (Å²) in [5.74, 6) is 7.92. The molecule has 0 fully saturated rings. The van der Waals surface area contributed by atoms with E-state index in [0.29, 0.717) is 16.7 Å². The van der Waals surface area contributed by atoms with E-state index < -0.39 is 0 Å². The summed E-state index contributed by atoms with van der Waals surface area (Å²) in [6.07, 6.45) is 1.83. The molecule has 154 valence electrons. The number of carbonyl (C=O) groups is 1. The minimum absolute atomic E-state index is 0.0836. The van der Waals surface area contributed by atoms with Gasteiger partial charge in [-0.3, -0.25) is 4.79 Å². The first-order chi connectivity index (χ1) is 14.5. The number of thioether (sulfide) groups is 1. The largest absolute Gasteiger partial charge is 0.469 e. The molecule has 1 aromatic carbocycles. The molecule has 0 radical (unpaired) electrons. The maximum atomic E-state index is 12.3. The van der Waals surface area contributed by atoms with E-state index in [0.717, 1.165) is 33.3 Å². The van der Waals surface area contributed by atoms with Crippen LogP contribution in [0.25, 0.3) is 11.4 Å². The SMILES string of the molecule is Cc1ccccc1NC(=O)Cc1nc(CSc2nnc(-c3ccoc3C)n2N)cs1. The Hall–Kier alpha value is -3.11. The molecule has 0 saturated heterocycles. The molecule has 0 saturated carbocycles. The van der Waals surface area contributed by atoms with Crippen molar-refractivity contribution in [3.63, 3.8) is 0 Å². The summed E-state index contributed by atoms with van der Waals surface area (Å²) in [5.41, 5.74) is 3.53. The monoisotopic (exact) mass is 440 g/mol. The average Bonchev–Trinajstić information content (AvgIpc) is 3.43. The van der Waals surface area contributed by atoms with Crippen molar-refractivity contribution in [1.29, 1.82) is 0 Å². The lowest BCUT2D eigenvalue weighted by molar-refractivity contribution is -0.115. The molecule has 3 N–H and O–H groups in total. The number of aromatic nitrogens is 4. The van der Waals surface area contributed by atoms with Crippen molar-refractivity contribution in [3.8, 4) is 11.4 Å². The highest BCUT2D eigenvalue weighted by atomic mass is 32.2. The normalized spacial score (nSPS) is 11.0. The number of nitrogens with zero attached hydrogens (tertiary/aromatic N) is 4. The van der Waals surface area contributed by atoms with Crippen LogP contribution in [-0.4, -0.2) is 25.8 Å². The second-order valence-electron chi connectivity index (χ2n) is 6.63. The molecule has 0 spiro atoms. The second-order valence-corrected chi connectivity index (χ2v) is 8.51. The summed E-state index contributed by atoms with van der Waals surface area (Å²) in [6.45, 7) is 3.81. The van der Waals surface area contributed by atoms with Gasteiger partial charge in [0, 0.05) is 16.8 Å². The zero-order valence-electron chi connectivity index (χ0n) is 16.5. The summed E-state index contributed by atoms with van der Waals surface area (Å²) in [4.78, 5) is 16.9. The first-order valence-corrected chi connectivity index (χ1v) is 11.0. The van der Waals surface area contributed by atoms with Gasteiger partial charge < -0.3 is 15.6 Å². The molecular weight excluding hydrogens is 420 g/mol. The van der Waals surface area contributed by atoms with Crippen LogP contribution in [0.3, 0.4) is 0 Å². The van der Waals surface area contributed by atoms with Crippen LogP contribution in [0.15, 0.2) is 51.5 Å². The lowest BCUT2D eigenvalue weighted by Crippen LogP contribution is -2.15. The molecule has 0 unspecified atom stereocenters.